The third-order valence-electron chi connectivity index (χ3n) is 7.01. The van der Waals surface area contributed by atoms with Gasteiger partial charge in [0.05, 0.1) is 30.6 Å². The maximum absolute atomic E-state index is 13.5. The summed E-state index contributed by atoms with van der Waals surface area (Å²) in [6.45, 7) is 3.87. The van der Waals surface area contributed by atoms with Gasteiger partial charge in [-0.3, -0.25) is 9.20 Å². The third-order valence-corrected chi connectivity index (χ3v) is 9.57. The van der Waals surface area contributed by atoms with Crippen LogP contribution in [0.15, 0.2) is 23.4 Å². The predicted molar refractivity (Wildman–Crippen MR) is 130 cm³/mol. The van der Waals surface area contributed by atoms with Gasteiger partial charge in [0.25, 0.3) is 6.43 Å². The molecule has 3 aromatic rings. The van der Waals surface area contributed by atoms with E-state index in [1.807, 2.05) is 9.80 Å². The number of fused-ring (bicyclic) bond motifs is 2. The fourth-order valence-electron chi connectivity index (χ4n) is 5.14. The van der Waals surface area contributed by atoms with Crippen LogP contribution in [0.4, 0.5) is 14.5 Å². The summed E-state index contributed by atoms with van der Waals surface area (Å²) in [7, 11) is -3.97. The minimum Gasteiger partial charge on any atom is -0.377 e. The van der Waals surface area contributed by atoms with E-state index in [9.17, 15) is 22.0 Å². The number of aromatic nitrogens is 4. The zero-order chi connectivity index (χ0) is 25.9. The molecule has 6 heterocycles. The number of anilines is 1. The molecule has 3 fully saturated rings. The summed E-state index contributed by atoms with van der Waals surface area (Å²) < 4.78 is 62.7. The van der Waals surface area contributed by atoms with Gasteiger partial charge < -0.3 is 14.5 Å². The van der Waals surface area contributed by atoms with Gasteiger partial charge in [-0.15, -0.1) is 10.2 Å². The van der Waals surface area contributed by atoms with Crippen LogP contribution in [-0.4, -0.2) is 83.2 Å². The Bertz CT molecular complexity index is 1470. The number of carbonyl (C=O) groups excluding carboxylic acids is 1. The van der Waals surface area contributed by atoms with Crippen LogP contribution in [-0.2, 0) is 19.6 Å². The number of amides is 1. The third kappa shape index (κ3) is 4.36. The molecule has 0 saturated carbocycles. The Balaban J connectivity index is 1.45. The highest BCUT2D eigenvalue weighted by Crippen LogP contribution is 2.35. The molecule has 15 heteroatoms. The van der Waals surface area contributed by atoms with Crippen LogP contribution in [0.3, 0.4) is 0 Å². The summed E-state index contributed by atoms with van der Waals surface area (Å²) in [6, 6.07) is 1.62. The van der Waals surface area contributed by atoms with Crippen molar-refractivity contribution in [1.29, 1.82) is 0 Å². The molecule has 0 unspecified atom stereocenters. The molecular weight excluding hydrogens is 528 g/mol. The molecule has 0 radical (unpaired) electrons. The molecule has 37 heavy (non-hydrogen) atoms. The van der Waals surface area contributed by atoms with Crippen molar-refractivity contribution in [3.05, 3.63) is 23.5 Å². The lowest BCUT2D eigenvalue weighted by molar-refractivity contribution is -0.136. The molecule has 3 aromatic heterocycles. The summed E-state index contributed by atoms with van der Waals surface area (Å²) in [6.07, 6.45) is 2.39. The predicted octanol–water partition coefficient (Wildman–Crippen LogP) is 2.06. The number of hydrogen-bond acceptors (Lipinski definition) is 9. The van der Waals surface area contributed by atoms with Crippen molar-refractivity contribution in [2.24, 2.45) is 0 Å². The number of sulfonamides is 1. The zero-order valence-electron chi connectivity index (χ0n) is 19.9. The number of alkyl halides is 2. The fourth-order valence-corrected chi connectivity index (χ4v) is 7.24. The van der Waals surface area contributed by atoms with Crippen LogP contribution in [0.1, 0.15) is 37.6 Å². The monoisotopic (exact) mass is 553 g/mol. The Morgan fingerprint density at radius 2 is 2.08 bits per heavy atom. The number of piperazine rings is 1. The normalized spacial score (nSPS) is 21.9. The first-order chi connectivity index (χ1) is 17.6. The van der Waals surface area contributed by atoms with Gasteiger partial charge in [-0.25, -0.2) is 26.9 Å². The van der Waals surface area contributed by atoms with Gasteiger partial charge in [-0.1, -0.05) is 11.3 Å². The first-order valence-corrected chi connectivity index (χ1v) is 14.2. The van der Waals surface area contributed by atoms with E-state index in [1.54, 1.807) is 17.4 Å². The summed E-state index contributed by atoms with van der Waals surface area (Å²) in [5, 5.41) is 7.25. The molecule has 3 saturated heterocycles. The number of nitrogens with zero attached hydrogens (tertiary/aromatic N) is 6. The molecule has 0 aromatic carbocycles. The lowest BCUT2D eigenvalue weighted by Gasteiger charge is -2.44. The van der Waals surface area contributed by atoms with Gasteiger partial charge in [0.15, 0.2) is 15.7 Å². The quantitative estimate of drug-likeness (QED) is 0.492. The average molecular weight is 554 g/mol. The number of ether oxygens (including phenoxy) is 1. The Morgan fingerprint density at radius 3 is 2.78 bits per heavy atom. The molecule has 198 valence electrons. The Labute approximate surface area is 215 Å². The van der Waals surface area contributed by atoms with Crippen LogP contribution >= 0.6 is 11.3 Å². The SMILES string of the molecule is CC1(NS(=O)(=O)c2cc(N3CCN4C(=O)CCC[C@H]4C3)c3ncc(-c4nnc(C(F)F)s4)n3c2)COC1. The topological polar surface area (TPSA) is 122 Å². The smallest absolute Gasteiger partial charge is 0.291 e. The molecule has 0 aliphatic carbocycles. The number of rotatable bonds is 6. The van der Waals surface area contributed by atoms with Crippen LogP contribution in [0.25, 0.3) is 16.3 Å². The van der Waals surface area contributed by atoms with Crippen LogP contribution in [0.2, 0.25) is 0 Å². The standard InChI is InChI=1S/C22H25F2N7O4S2/c1-22(11-35-12-22)28-37(33,34)14-7-15(29-5-6-30-13(9-29)3-2-4-17(30)32)19-25-8-16(31(19)10-14)20-26-27-21(36-20)18(23)24/h7-8,10,13,18,28H,2-6,9,11-12H2,1H3/t13-/m0/s1. The summed E-state index contributed by atoms with van der Waals surface area (Å²) in [5.41, 5.74) is 0.699. The molecule has 1 amide bonds. The van der Waals surface area contributed by atoms with Gasteiger partial charge in [0, 0.05) is 38.3 Å². The molecule has 3 aliphatic heterocycles. The largest absolute Gasteiger partial charge is 0.377 e. The van der Waals surface area contributed by atoms with E-state index in [1.165, 1.54) is 12.4 Å². The van der Waals surface area contributed by atoms with Crippen molar-refractivity contribution in [2.45, 2.75) is 49.1 Å². The van der Waals surface area contributed by atoms with Crippen molar-refractivity contribution >= 4 is 38.6 Å². The molecule has 3 aliphatic rings. The lowest BCUT2D eigenvalue weighted by Crippen LogP contribution is -2.59. The minimum absolute atomic E-state index is 0.00289. The number of piperidine rings is 1. The number of halogens is 2. The summed E-state index contributed by atoms with van der Waals surface area (Å²) in [4.78, 5) is 20.9. The highest BCUT2D eigenvalue weighted by atomic mass is 32.2. The average Bonchev–Trinajstić information content (AvgIpc) is 3.49. The molecule has 0 spiro atoms. The number of imidazole rings is 1. The first kappa shape index (κ1) is 24.6. The maximum atomic E-state index is 13.5. The van der Waals surface area contributed by atoms with Crippen molar-refractivity contribution in [3.63, 3.8) is 0 Å². The molecule has 6 rings (SSSR count). The van der Waals surface area contributed by atoms with Crippen molar-refractivity contribution in [3.8, 4) is 10.7 Å². The van der Waals surface area contributed by atoms with Crippen molar-refractivity contribution < 1.29 is 26.7 Å². The van der Waals surface area contributed by atoms with E-state index in [-0.39, 0.29) is 35.1 Å². The first-order valence-electron chi connectivity index (χ1n) is 11.9. The highest BCUT2D eigenvalue weighted by Gasteiger charge is 2.39. The Hall–Kier alpha value is -2.75. The van der Waals surface area contributed by atoms with Gasteiger partial charge in [0.2, 0.25) is 15.9 Å². The Kier molecular flexibility index (Phi) is 5.93. The van der Waals surface area contributed by atoms with E-state index in [4.69, 9.17) is 4.74 Å². The van der Waals surface area contributed by atoms with Crippen molar-refractivity contribution in [1.82, 2.24) is 29.2 Å². The molecule has 1 atom stereocenters. The number of pyridine rings is 1. The van der Waals surface area contributed by atoms with Gasteiger partial charge >= 0.3 is 0 Å². The van der Waals surface area contributed by atoms with Gasteiger partial charge in [-0.2, -0.15) is 0 Å². The number of carbonyl (C=O) groups is 1. The molecule has 11 nitrogen and oxygen atoms in total. The van der Waals surface area contributed by atoms with E-state index >= 15 is 0 Å². The van der Waals surface area contributed by atoms with Gasteiger partial charge in [0.1, 0.15) is 10.6 Å². The lowest BCUT2D eigenvalue weighted by atomic mass is 9.98. The number of nitrogens with one attached hydrogen (secondary N) is 1. The van der Waals surface area contributed by atoms with Crippen LogP contribution < -0.4 is 9.62 Å². The number of hydrogen-bond donors (Lipinski definition) is 1. The second kappa shape index (κ2) is 8.92. The molecular formula is C22H25F2N7O4S2. The van der Waals surface area contributed by atoms with Crippen LogP contribution in [0, 0.1) is 0 Å². The molecule has 0 bridgehead atoms. The van der Waals surface area contributed by atoms with E-state index in [0.29, 0.717) is 43.1 Å². The Morgan fingerprint density at radius 1 is 1.27 bits per heavy atom. The van der Waals surface area contributed by atoms with E-state index in [2.05, 4.69) is 19.9 Å². The van der Waals surface area contributed by atoms with Crippen molar-refractivity contribution in [2.75, 3.05) is 37.7 Å². The maximum Gasteiger partial charge on any atom is 0.291 e. The fraction of sp³-hybridized carbons (Fsp3) is 0.545. The van der Waals surface area contributed by atoms with Crippen LogP contribution in [0.5, 0.6) is 0 Å². The second-order valence-corrected chi connectivity index (χ2v) is 12.6. The summed E-state index contributed by atoms with van der Waals surface area (Å²) >= 11 is 0.734. The van der Waals surface area contributed by atoms with E-state index in [0.717, 1.165) is 24.2 Å². The minimum atomic E-state index is -3.97. The second-order valence-electron chi connectivity index (χ2n) is 9.88. The highest BCUT2D eigenvalue weighted by molar-refractivity contribution is 7.89. The van der Waals surface area contributed by atoms with Gasteiger partial charge in [-0.05, 0) is 25.8 Å². The zero-order valence-corrected chi connectivity index (χ0v) is 21.6. The van der Waals surface area contributed by atoms with E-state index < -0.39 is 27.0 Å². The summed E-state index contributed by atoms with van der Waals surface area (Å²) in [5.74, 6) is 0.145. The molecule has 1 N–H and O–H groups in total.